The molecule has 0 fully saturated rings. The lowest BCUT2D eigenvalue weighted by molar-refractivity contribution is 0.392. The van der Waals surface area contributed by atoms with Gasteiger partial charge in [0.05, 0.1) is 7.11 Å². The number of hydrogen-bond acceptors (Lipinski definition) is 4. The molecule has 5 nitrogen and oxygen atoms in total. The molecule has 2 rings (SSSR count). The number of aromatic nitrogens is 1. The van der Waals surface area contributed by atoms with E-state index in [9.17, 15) is 0 Å². The summed E-state index contributed by atoms with van der Waals surface area (Å²) in [6.45, 7) is 5.86. The molecule has 2 N–H and O–H groups in total. The molecule has 0 aliphatic heterocycles. The summed E-state index contributed by atoms with van der Waals surface area (Å²) in [5.41, 5.74) is 1.05. The van der Waals surface area contributed by atoms with Gasteiger partial charge in [-0.2, -0.15) is 0 Å². The maximum Gasteiger partial charge on any atom is 0.218 e. The Morgan fingerprint density at radius 3 is 2.78 bits per heavy atom. The van der Waals surface area contributed by atoms with Gasteiger partial charge in [0.2, 0.25) is 5.88 Å². The molecule has 0 spiro atoms. The largest absolute Gasteiger partial charge is 0.481 e. The van der Waals surface area contributed by atoms with E-state index in [0.29, 0.717) is 12.4 Å². The molecule has 0 saturated carbocycles. The minimum atomic E-state index is 0.0534. The third-order valence-electron chi connectivity index (χ3n) is 3.60. The molecule has 124 valence electrons. The molecule has 0 saturated heterocycles. The van der Waals surface area contributed by atoms with Crippen LogP contribution in [0.5, 0.6) is 5.88 Å². The van der Waals surface area contributed by atoms with Gasteiger partial charge in [-0.25, -0.2) is 4.98 Å². The van der Waals surface area contributed by atoms with Crippen molar-refractivity contribution in [3.8, 4) is 5.88 Å². The summed E-state index contributed by atoms with van der Waals surface area (Å²) in [6, 6.07) is 8.14. The average Bonchev–Trinajstić information content (AvgIpc) is 3.10. The highest BCUT2D eigenvalue weighted by atomic mass is 32.1. The van der Waals surface area contributed by atoms with Crippen molar-refractivity contribution in [1.82, 2.24) is 15.6 Å². The zero-order valence-corrected chi connectivity index (χ0v) is 14.9. The maximum atomic E-state index is 5.26. The topological polar surface area (TPSA) is 58.5 Å². The Balaban J connectivity index is 1.91. The Bertz CT molecular complexity index is 638. The van der Waals surface area contributed by atoms with E-state index in [4.69, 9.17) is 4.74 Å². The predicted octanol–water partition coefficient (Wildman–Crippen LogP) is 2.79. The highest BCUT2D eigenvalue weighted by Gasteiger charge is 2.21. The first kappa shape index (κ1) is 17.3. The van der Waals surface area contributed by atoms with E-state index in [2.05, 4.69) is 52.0 Å². The van der Waals surface area contributed by atoms with Crippen molar-refractivity contribution in [3.63, 3.8) is 0 Å². The fourth-order valence-electron chi connectivity index (χ4n) is 2.20. The first-order valence-electron chi connectivity index (χ1n) is 7.53. The molecule has 0 aromatic carbocycles. The molecule has 6 heteroatoms. The molecule has 0 atom stereocenters. The summed E-state index contributed by atoms with van der Waals surface area (Å²) in [4.78, 5) is 9.83. The molecule has 2 aromatic rings. The van der Waals surface area contributed by atoms with Gasteiger partial charge in [0.25, 0.3) is 0 Å². The van der Waals surface area contributed by atoms with Gasteiger partial charge in [0.15, 0.2) is 5.96 Å². The zero-order valence-electron chi connectivity index (χ0n) is 14.1. The van der Waals surface area contributed by atoms with E-state index in [-0.39, 0.29) is 5.41 Å². The normalized spacial score (nSPS) is 12.1. The highest BCUT2D eigenvalue weighted by molar-refractivity contribution is 7.10. The number of rotatable bonds is 6. The molecular formula is C17H24N4OS. The van der Waals surface area contributed by atoms with Gasteiger partial charge in [0.1, 0.15) is 0 Å². The van der Waals surface area contributed by atoms with Gasteiger partial charge >= 0.3 is 0 Å². The van der Waals surface area contributed by atoms with Crippen LogP contribution in [0.2, 0.25) is 0 Å². The van der Waals surface area contributed by atoms with E-state index >= 15 is 0 Å². The molecule has 0 unspecified atom stereocenters. The Morgan fingerprint density at radius 2 is 2.13 bits per heavy atom. The fraction of sp³-hybridized carbons (Fsp3) is 0.412. The zero-order chi connectivity index (χ0) is 16.7. The summed E-state index contributed by atoms with van der Waals surface area (Å²) in [5, 5.41) is 8.80. The van der Waals surface area contributed by atoms with E-state index in [0.717, 1.165) is 18.1 Å². The number of ether oxygens (including phenoxy) is 1. The number of nitrogens with zero attached hydrogens (tertiary/aromatic N) is 2. The number of pyridine rings is 1. The third kappa shape index (κ3) is 4.69. The molecule has 0 bridgehead atoms. The summed E-state index contributed by atoms with van der Waals surface area (Å²) >= 11 is 1.78. The van der Waals surface area contributed by atoms with Crippen LogP contribution in [0.15, 0.2) is 40.8 Å². The number of thiophene rings is 1. The molecular weight excluding hydrogens is 308 g/mol. The van der Waals surface area contributed by atoms with E-state index < -0.39 is 0 Å². The van der Waals surface area contributed by atoms with Gasteiger partial charge in [-0.3, -0.25) is 4.99 Å². The lowest BCUT2D eigenvalue weighted by Gasteiger charge is -2.25. The Hall–Kier alpha value is -2.08. The molecule has 2 aromatic heterocycles. The standard InChI is InChI=1S/C17H24N4OS/c1-17(2,14-8-6-10-23-14)12-21-16(18-3)20-11-13-7-5-9-19-15(13)22-4/h5-10H,11-12H2,1-4H3,(H2,18,20,21). The Labute approximate surface area is 141 Å². The van der Waals surface area contributed by atoms with Crippen LogP contribution in [0.4, 0.5) is 0 Å². The van der Waals surface area contributed by atoms with Crippen LogP contribution in [0.1, 0.15) is 24.3 Å². The van der Waals surface area contributed by atoms with Crippen LogP contribution < -0.4 is 15.4 Å². The van der Waals surface area contributed by atoms with Crippen molar-refractivity contribution in [1.29, 1.82) is 0 Å². The summed E-state index contributed by atoms with van der Waals surface area (Å²) in [7, 11) is 3.40. The van der Waals surface area contributed by atoms with Crippen LogP contribution in [-0.2, 0) is 12.0 Å². The lowest BCUT2D eigenvalue weighted by Crippen LogP contribution is -2.43. The first-order chi connectivity index (χ1) is 11.1. The van der Waals surface area contributed by atoms with E-state index in [1.807, 2.05) is 12.1 Å². The predicted molar refractivity (Wildman–Crippen MR) is 96.3 cm³/mol. The summed E-state index contributed by atoms with van der Waals surface area (Å²) < 4.78 is 5.26. The van der Waals surface area contributed by atoms with Crippen LogP contribution in [-0.4, -0.2) is 31.6 Å². The number of aliphatic imine (C=N–C) groups is 1. The van der Waals surface area contributed by atoms with Crippen LogP contribution >= 0.6 is 11.3 Å². The van der Waals surface area contributed by atoms with Crippen LogP contribution in [0.25, 0.3) is 0 Å². The highest BCUT2D eigenvalue weighted by Crippen LogP contribution is 2.26. The van der Waals surface area contributed by atoms with Crippen molar-refractivity contribution in [2.45, 2.75) is 25.8 Å². The fourth-order valence-corrected chi connectivity index (χ4v) is 3.05. The third-order valence-corrected chi connectivity index (χ3v) is 4.84. The molecule has 23 heavy (non-hydrogen) atoms. The van der Waals surface area contributed by atoms with Crippen LogP contribution in [0.3, 0.4) is 0 Å². The monoisotopic (exact) mass is 332 g/mol. The summed E-state index contributed by atoms with van der Waals surface area (Å²) in [6.07, 6.45) is 1.72. The van der Waals surface area contributed by atoms with Crippen molar-refractivity contribution < 1.29 is 4.74 Å². The quantitative estimate of drug-likeness (QED) is 0.631. The van der Waals surface area contributed by atoms with E-state index in [1.54, 1.807) is 31.7 Å². The Kier molecular flexibility index (Phi) is 5.98. The van der Waals surface area contributed by atoms with Gasteiger partial charge in [-0.15, -0.1) is 11.3 Å². The first-order valence-corrected chi connectivity index (χ1v) is 8.41. The van der Waals surface area contributed by atoms with Gasteiger partial charge in [-0.05, 0) is 17.5 Å². The van der Waals surface area contributed by atoms with Gasteiger partial charge < -0.3 is 15.4 Å². The second-order valence-corrected chi connectivity index (χ2v) is 6.76. The average molecular weight is 332 g/mol. The number of methoxy groups -OCH3 is 1. The smallest absolute Gasteiger partial charge is 0.218 e. The van der Waals surface area contributed by atoms with Crippen molar-refractivity contribution in [3.05, 3.63) is 46.3 Å². The maximum absolute atomic E-state index is 5.26. The van der Waals surface area contributed by atoms with Crippen molar-refractivity contribution in [2.75, 3.05) is 20.7 Å². The minimum absolute atomic E-state index is 0.0534. The summed E-state index contributed by atoms with van der Waals surface area (Å²) in [5.74, 6) is 1.40. The molecule has 0 amide bonds. The second kappa shape index (κ2) is 7.97. The molecule has 0 aliphatic rings. The minimum Gasteiger partial charge on any atom is -0.481 e. The number of guanidine groups is 1. The number of hydrogen-bond donors (Lipinski definition) is 2. The van der Waals surface area contributed by atoms with Crippen molar-refractivity contribution >= 4 is 17.3 Å². The van der Waals surface area contributed by atoms with Gasteiger partial charge in [0, 0.05) is 42.2 Å². The van der Waals surface area contributed by atoms with Gasteiger partial charge in [-0.1, -0.05) is 26.0 Å². The second-order valence-electron chi connectivity index (χ2n) is 5.81. The van der Waals surface area contributed by atoms with Crippen LogP contribution in [0, 0.1) is 0 Å². The number of nitrogens with one attached hydrogen (secondary N) is 2. The molecule has 0 radical (unpaired) electrons. The molecule has 2 heterocycles. The van der Waals surface area contributed by atoms with Crippen molar-refractivity contribution in [2.24, 2.45) is 4.99 Å². The van der Waals surface area contributed by atoms with E-state index in [1.165, 1.54) is 4.88 Å². The Morgan fingerprint density at radius 1 is 1.30 bits per heavy atom. The lowest BCUT2D eigenvalue weighted by atomic mass is 9.91. The SMILES string of the molecule is CN=C(NCc1cccnc1OC)NCC(C)(C)c1cccs1. The molecule has 0 aliphatic carbocycles.